The lowest BCUT2D eigenvalue weighted by molar-refractivity contribution is 0.0840. The van der Waals surface area contributed by atoms with Gasteiger partial charge in [-0.15, -0.1) is 0 Å². The van der Waals surface area contributed by atoms with Crippen LogP contribution in [0.4, 0.5) is 8.78 Å². The molecule has 0 bridgehead atoms. The standard InChI is InChI=1S/C17H24F2N2/c1-20-11-14-6-3-9-21(15-7-8-15)16(14)12-4-2-5-13(10-12)17(18)19/h2,4-5,10,14-17,20H,3,6-9,11H2,1H3. The number of nitrogens with zero attached hydrogens (tertiary/aromatic N) is 1. The Morgan fingerprint density at radius 1 is 1.29 bits per heavy atom. The van der Waals surface area contributed by atoms with Crippen molar-refractivity contribution in [3.8, 4) is 0 Å². The molecule has 3 rings (SSSR count). The van der Waals surface area contributed by atoms with Gasteiger partial charge in [0.15, 0.2) is 0 Å². The third kappa shape index (κ3) is 3.27. The lowest BCUT2D eigenvalue weighted by atomic mass is 9.84. The van der Waals surface area contributed by atoms with Crippen molar-refractivity contribution < 1.29 is 8.78 Å². The van der Waals surface area contributed by atoms with Crippen molar-refractivity contribution in [2.75, 3.05) is 20.1 Å². The van der Waals surface area contributed by atoms with Crippen LogP contribution in [0.25, 0.3) is 0 Å². The quantitative estimate of drug-likeness (QED) is 0.889. The molecule has 0 aromatic heterocycles. The van der Waals surface area contributed by atoms with Crippen LogP contribution in [0, 0.1) is 5.92 Å². The average molecular weight is 294 g/mol. The first-order valence-electron chi connectivity index (χ1n) is 7.99. The molecule has 0 amide bonds. The Labute approximate surface area is 125 Å². The third-order valence-electron chi connectivity index (χ3n) is 4.78. The maximum atomic E-state index is 13.0. The number of halogens is 2. The fourth-order valence-electron chi connectivity index (χ4n) is 3.74. The maximum absolute atomic E-state index is 13.0. The van der Waals surface area contributed by atoms with Crippen molar-refractivity contribution in [3.05, 3.63) is 35.4 Å². The number of benzene rings is 1. The molecule has 2 nitrogen and oxygen atoms in total. The average Bonchev–Trinajstić information content (AvgIpc) is 3.32. The molecular formula is C17H24F2N2. The third-order valence-corrected chi connectivity index (χ3v) is 4.78. The summed E-state index contributed by atoms with van der Waals surface area (Å²) in [6.07, 6.45) is 2.53. The minimum absolute atomic E-state index is 0.150. The van der Waals surface area contributed by atoms with Crippen LogP contribution in [-0.2, 0) is 0 Å². The molecule has 1 aliphatic heterocycles. The normalized spacial score (nSPS) is 27.2. The van der Waals surface area contributed by atoms with E-state index in [1.807, 2.05) is 13.1 Å². The molecule has 0 radical (unpaired) electrons. The molecule has 2 aliphatic rings. The Morgan fingerprint density at radius 2 is 2.10 bits per heavy atom. The summed E-state index contributed by atoms with van der Waals surface area (Å²) in [6.45, 7) is 2.06. The smallest absolute Gasteiger partial charge is 0.263 e. The van der Waals surface area contributed by atoms with Crippen LogP contribution in [0.1, 0.15) is 49.3 Å². The second kappa shape index (κ2) is 6.41. The summed E-state index contributed by atoms with van der Waals surface area (Å²) in [6, 6.07) is 8.03. The fraction of sp³-hybridized carbons (Fsp3) is 0.647. The van der Waals surface area contributed by atoms with Crippen LogP contribution in [0.2, 0.25) is 0 Å². The number of piperidine rings is 1. The molecule has 2 fully saturated rings. The lowest BCUT2D eigenvalue weighted by Gasteiger charge is -2.42. The van der Waals surface area contributed by atoms with Crippen molar-refractivity contribution in [1.82, 2.24) is 10.2 Å². The number of rotatable bonds is 5. The monoisotopic (exact) mass is 294 g/mol. The Balaban J connectivity index is 1.90. The van der Waals surface area contributed by atoms with Crippen molar-refractivity contribution in [3.63, 3.8) is 0 Å². The second-order valence-electron chi connectivity index (χ2n) is 6.34. The van der Waals surface area contributed by atoms with E-state index < -0.39 is 6.43 Å². The first kappa shape index (κ1) is 14.9. The van der Waals surface area contributed by atoms with Crippen LogP contribution in [0.3, 0.4) is 0 Å². The zero-order valence-electron chi connectivity index (χ0n) is 12.6. The molecular weight excluding hydrogens is 270 g/mol. The van der Waals surface area contributed by atoms with Gasteiger partial charge < -0.3 is 5.32 Å². The van der Waals surface area contributed by atoms with Gasteiger partial charge in [0.2, 0.25) is 0 Å². The van der Waals surface area contributed by atoms with Crippen LogP contribution in [0.5, 0.6) is 0 Å². The topological polar surface area (TPSA) is 15.3 Å². The number of hydrogen-bond acceptors (Lipinski definition) is 2. The van der Waals surface area contributed by atoms with E-state index in [2.05, 4.69) is 10.2 Å². The molecule has 1 aromatic carbocycles. The Hall–Kier alpha value is -1.00. The molecule has 2 atom stereocenters. The summed E-state index contributed by atoms with van der Waals surface area (Å²) in [5.74, 6) is 0.511. The molecule has 1 N–H and O–H groups in total. The minimum atomic E-state index is -2.38. The summed E-state index contributed by atoms with van der Waals surface area (Å²) in [5, 5.41) is 3.28. The molecule has 4 heteroatoms. The van der Waals surface area contributed by atoms with E-state index in [9.17, 15) is 8.78 Å². The van der Waals surface area contributed by atoms with Gasteiger partial charge in [0.05, 0.1) is 0 Å². The molecule has 21 heavy (non-hydrogen) atoms. The van der Waals surface area contributed by atoms with Gasteiger partial charge >= 0.3 is 0 Å². The SMILES string of the molecule is CNCC1CCCN(C2CC2)C1c1cccc(C(F)F)c1. The lowest BCUT2D eigenvalue weighted by Crippen LogP contribution is -2.43. The number of alkyl halides is 2. The fourth-order valence-corrected chi connectivity index (χ4v) is 3.74. The van der Waals surface area contributed by atoms with E-state index >= 15 is 0 Å². The number of nitrogens with one attached hydrogen (secondary N) is 1. The summed E-state index contributed by atoms with van der Waals surface area (Å²) >= 11 is 0. The Morgan fingerprint density at radius 3 is 2.76 bits per heavy atom. The van der Waals surface area contributed by atoms with Gasteiger partial charge in [0, 0.05) is 17.6 Å². The summed E-state index contributed by atoms with van der Waals surface area (Å²) < 4.78 is 26.0. The molecule has 116 valence electrons. The van der Waals surface area contributed by atoms with E-state index in [0.29, 0.717) is 12.0 Å². The van der Waals surface area contributed by atoms with Crippen LogP contribution >= 0.6 is 0 Å². The van der Waals surface area contributed by atoms with Crippen molar-refractivity contribution in [1.29, 1.82) is 0 Å². The van der Waals surface area contributed by atoms with Gasteiger partial charge in [-0.1, -0.05) is 18.2 Å². The Bertz CT molecular complexity index is 472. The zero-order chi connectivity index (χ0) is 14.8. The first-order valence-corrected chi connectivity index (χ1v) is 7.99. The predicted octanol–water partition coefficient (Wildman–Crippen LogP) is 3.76. The molecule has 0 spiro atoms. The van der Waals surface area contributed by atoms with Crippen molar-refractivity contribution in [2.24, 2.45) is 5.92 Å². The molecule has 1 saturated carbocycles. The second-order valence-corrected chi connectivity index (χ2v) is 6.34. The van der Waals surface area contributed by atoms with Crippen LogP contribution < -0.4 is 5.32 Å². The van der Waals surface area contributed by atoms with Gasteiger partial charge in [0.1, 0.15) is 0 Å². The highest BCUT2D eigenvalue weighted by Gasteiger charge is 2.40. The number of hydrogen-bond donors (Lipinski definition) is 1. The van der Waals surface area contributed by atoms with Crippen LogP contribution in [0.15, 0.2) is 24.3 Å². The zero-order valence-corrected chi connectivity index (χ0v) is 12.6. The molecule has 1 aromatic rings. The maximum Gasteiger partial charge on any atom is 0.263 e. The van der Waals surface area contributed by atoms with Crippen molar-refractivity contribution in [2.45, 2.75) is 44.2 Å². The van der Waals surface area contributed by atoms with E-state index in [-0.39, 0.29) is 11.6 Å². The van der Waals surface area contributed by atoms with E-state index in [1.54, 1.807) is 12.1 Å². The largest absolute Gasteiger partial charge is 0.319 e. The van der Waals surface area contributed by atoms with Crippen LogP contribution in [-0.4, -0.2) is 31.1 Å². The van der Waals surface area contributed by atoms with Gasteiger partial charge in [0.25, 0.3) is 6.43 Å². The summed E-state index contributed by atoms with van der Waals surface area (Å²) in [4.78, 5) is 2.57. The highest BCUT2D eigenvalue weighted by molar-refractivity contribution is 5.28. The predicted molar refractivity (Wildman–Crippen MR) is 80.5 cm³/mol. The van der Waals surface area contributed by atoms with E-state index in [0.717, 1.165) is 18.7 Å². The minimum Gasteiger partial charge on any atom is -0.319 e. The van der Waals surface area contributed by atoms with Gasteiger partial charge in [-0.2, -0.15) is 0 Å². The highest BCUT2D eigenvalue weighted by atomic mass is 19.3. The number of likely N-dealkylation sites (tertiary alicyclic amines) is 1. The summed E-state index contributed by atoms with van der Waals surface area (Å²) in [7, 11) is 1.97. The highest BCUT2D eigenvalue weighted by Crippen LogP contribution is 2.43. The van der Waals surface area contributed by atoms with Gasteiger partial charge in [-0.3, -0.25) is 4.90 Å². The van der Waals surface area contributed by atoms with E-state index in [1.165, 1.54) is 31.7 Å². The first-order chi connectivity index (χ1) is 10.2. The molecule has 1 saturated heterocycles. The van der Waals surface area contributed by atoms with Gasteiger partial charge in [-0.25, -0.2) is 8.78 Å². The van der Waals surface area contributed by atoms with Crippen molar-refractivity contribution >= 4 is 0 Å². The van der Waals surface area contributed by atoms with Gasteiger partial charge in [-0.05, 0) is 63.4 Å². The molecule has 1 aliphatic carbocycles. The molecule has 2 unspecified atom stereocenters. The Kier molecular flexibility index (Phi) is 4.55. The van der Waals surface area contributed by atoms with E-state index in [4.69, 9.17) is 0 Å². The molecule has 1 heterocycles. The summed E-state index contributed by atoms with van der Waals surface area (Å²) in [5.41, 5.74) is 1.22.